The van der Waals surface area contributed by atoms with Gasteiger partial charge in [-0.05, 0) is 0 Å². The summed E-state index contributed by atoms with van der Waals surface area (Å²) in [4.78, 5) is 10.4. The van der Waals surface area contributed by atoms with Gasteiger partial charge in [-0.25, -0.2) is 17.6 Å². The van der Waals surface area contributed by atoms with Crippen LogP contribution in [0.4, 0.5) is 17.6 Å². The number of hydrogen-bond acceptors (Lipinski definition) is 2. The second-order valence-corrected chi connectivity index (χ2v) is 2.86. The van der Waals surface area contributed by atoms with Crippen LogP contribution in [-0.4, -0.2) is 30.0 Å². The minimum absolute atomic E-state index is 0.964. The summed E-state index contributed by atoms with van der Waals surface area (Å²) in [5.41, 5.74) is 4.61. The molecule has 1 unspecified atom stereocenters. The molecule has 0 spiro atoms. The third kappa shape index (κ3) is 5.00. The van der Waals surface area contributed by atoms with Crippen molar-refractivity contribution in [3.05, 3.63) is 0 Å². The topological polar surface area (TPSA) is 63.3 Å². The molecule has 0 aliphatic carbocycles. The number of hydrogen-bond donors (Lipinski definition) is 2. The van der Waals surface area contributed by atoms with E-state index >= 15 is 0 Å². The quantitative estimate of drug-likeness (QED) is 0.645. The average Bonchev–Trinajstić information content (AvgIpc) is 1.99. The van der Waals surface area contributed by atoms with Crippen LogP contribution in [0.1, 0.15) is 12.8 Å². The Hall–Kier alpha value is -0.850. The maximum Gasteiger partial charge on any atom is 0.246 e. The molecule has 0 saturated heterocycles. The van der Waals surface area contributed by atoms with Gasteiger partial charge in [-0.1, -0.05) is 0 Å². The van der Waals surface area contributed by atoms with Crippen molar-refractivity contribution in [3.63, 3.8) is 0 Å². The molecule has 14 heavy (non-hydrogen) atoms. The van der Waals surface area contributed by atoms with Crippen molar-refractivity contribution in [1.29, 1.82) is 0 Å². The summed E-state index contributed by atoms with van der Waals surface area (Å²) in [5, 5.41) is 8.94. The van der Waals surface area contributed by atoms with E-state index in [2.05, 4.69) is 5.73 Å². The van der Waals surface area contributed by atoms with Gasteiger partial charge in [-0.15, -0.1) is 0 Å². The van der Waals surface area contributed by atoms with Gasteiger partial charge in [-0.3, -0.25) is 4.79 Å². The van der Waals surface area contributed by atoms with E-state index in [0.29, 0.717) is 0 Å². The molecule has 0 aromatic heterocycles. The number of halogens is 4. The maximum atomic E-state index is 11.9. The van der Waals surface area contributed by atoms with Gasteiger partial charge >= 0.3 is 0 Å². The van der Waals surface area contributed by atoms with Crippen molar-refractivity contribution < 1.29 is 27.5 Å². The Kier molecular flexibility index (Phi) is 5.44. The zero-order chi connectivity index (χ0) is 11.3. The van der Waals surface area contributed by atoms with E-state index in [1.165, 1.54) is 0 Å². The largest absolute Gasteiger partial charge is 0.383 e. The summed E-state index contributed by atoms with van der Waals surface area (Å²) in [5.74, 6) is -2.76. The Morgan fingerprint density at radius 1 is 1.14 bits per heavy atom. The highest BCUT2D eigenvalue weighted by molar-refractivity contribution is 5.78. The molecule has 0 aromatic carbocycles. The maximum absolute atomic E-state index is 11.9. The number of rotatable bonds is 6. The molecule has 1 atom stereocenters. The van der Waals surface area contributed by atoms with Crippen LogP contribution >= 0.6 is 0 Å². The van der Waals surface area contributed by atoms with E-state index in [-0.39, 0.29) is 0 Å². The van der Waals surface area contributed by atoms with Crippen molar-refractivity contribution in [2.24, 2.45) is 11.7 Å². The van der Waals surface area contributed by atoms with Crippen molar-refractivity contribution >= 4 is 5.91 Å². The lowest BCUT2D eigenvalue weighted by molar-refractivity contribution is -0.130. The molecule has 0 heterocycles. The Morgan fingerprint density at radius 3 is 1.71 bits per heavy atom. The predicted octanol–water partition coefficient (Wildman–Crippen LogP) is 0.759. The van der Waals surface area contributed by atoms with Crippen molar-refractivity contribution in [2.75, 3.05) is 0 Å². The molecule has 0 aliphatic heterocycles. The highest BCUT2D eigenvalue weighted by Gasteiger charge is 2.29. The van der Waals surface area contributed by atoms with Crippen LogP contribution in [0, 0.1) is 5.92 Å². The Morgan fingerprint density at radius 2 is 1.50 bits per heavy atom. The third-order valence-corrected chi connectivity index (χ3v) is 1.70. The Balaban J connectivity index is 4.30. The standard InChI is InChI=1S/C7H11F4NO2/c8-4(9)1-3(2-5(10)11)6(13)7(12)14/h3-6,13H,1-2H2,(H2,12,14). The molecular formula is C7H11F4NO2. The van der Waals surface area contributed by atoms with Crippen LogP contribution in [0.15, 0.2) is 0 Å². The fourth-order valence-corrected chi connectivity index (χ4v) is 1.04. The lowest BCUT2D eigenvalue weighted by Crippen LogP contribution is -2.37. The first-order valence-electron chi connectivity index (χ1n) is 3.88. The first-order chi connectivity index (χ1) is 6.34. The zero-order valence-corrected chi connectivity index (χ0v) is 7.17. The lowest BCUT2D eigenvalue weighted by Gasteiger charge is -2.19. The SMILES string of the molecule is NC(=O)C(O)C(CC(F)F)CC(F)F. The number of aliphatic hydroxyl groups is 1. The average molecular weight is 217 g/mol. The molecule has 0 rings (SSSR count). The van der Waals surface area contributed by atoms with E-state index in [4.69, 9.17) is 5.11 Å². The summed E-state index contributed by atoms with van der Waals surface area (Å²) < 4.78 is 47.4. The molecule has 0 radical (unpaired) electrons. The summed E-state index contributed by atoms with van der Waals surface area (Å²) in [6.45, 7) is 0. The van der Waals surface area contributed by atoms with E-state index < -0.39 is 43.6 Å². The minimum Gasteiger partial charge on any atom is -0.383 e. The van der Waals surface area contributed by atoms with E-state index in [1.54, 1.807) is 0 Å². The van der Waals surface area contributed by atoms with E-state index in [1.807, 2.05) is 0 Å². The Bertz CT molecular complexity index is 179. The smallest absolute Gasteiger partial charge is 0.246 e. The lowest BCUT2D eigenvalue weighted by atomic mass is 9.95. The third-order valence-electron chi connectivity index (χ3n) is 1.70. The second kappa shape index (κ2) is 5.79. The molecule has 3 N–H and O–H groups in total. The van der Waals surface area contributed by atoms with Crippen molar-refractivity contribution in [3.8, 4) is 0 Å². The number of aliphatic hydroxyl groups excluding tert-OH is 1. The summed E-state index contributed by atoms with van der Waals surface area (Å²) in [6.07, 6.45) is -9.58. The molecule has 7 heteroatoms. The van der Waals surface area contributed by atoms with Crippen LogP contribution < -0.4 is 5.73 Å². The van der Waals surface area contributed by atoms with Crippen LogP contribution in [0.3, 0.4) is 0 Å². The molecule has 1 amide bonds. The van der Waals surface area contributed by atoms with Gasteiger partial charge in [0.2, 0.25) is 18.8 Å². The number of carbonyl (C=O) groups excluding carboxylic acids is 1. The van der Waals surface area contributed by atoms with Gasteiger partial charge in [-0.2, -0.15) is 0 Å². The molecule has 3 nitrogen and oxygen atoms in total. The minimum atomic E-state index is -2.85. The van der Waals surface area contributed by atoms with Gasteiger partial charge in [0, 0.05) is 18.8 Å². The van der Waals surface area contributed by atoms with Gasteiger partial charge in [0.15, 0.2) is 0 Å². The highest BCUT2D eigenvalue weighted by Crippen LogP contribution is 2.22. The van der Waals surface area contributed by atoms with Crippen LogP contribution in [0.5, 0.6) is 0 Å². The molecule has 0 fully saturated rings. The first-order valence-corrected chi connectivity index (χ1v) is 3.88. The fourth-order valence-electron chi connectivity index (χ4n) is 1.04. The second-order valence-electron chi connectivity index (χ2n) is 2.86. The van der Waals surface area contributed by atoms with Gasteiger partial charge < -0.3 is 10.8 Å². The summed E-state index contributed by atoms with van der Waals surface area (Å²) >= 11 is 0. The monoisotopic (exact) mass is 217 g/mol. The number of carbonyl (C=O) groups is 1. The van der Waals surface area contributed by atoms with Crippen LogP contribution in [0.25, 0.3) is 0 Å². The number of alkyl halides is 4. The Labute approximate surface area is 77.9 Å². The molecule has 0 aliphatic rings. The van der Waals surface area contributed by atoms with E-state index in [9.17, 15) is 22.4 Å². The fraction of sp³-hybridized carbons (Fsp3) is 0.857. The zero-order valence-electron chi connectivity index (χ0n) is 7.17. The predicted molar refractivity (Wildman–Crippen MR) is 39.9 cm³/mol. The molecule has 0 bridgehead atoms. The van der Waals surface area contributed by atoms with Gasteiger partial charge in [0.05, 0.1) is 0 Å². The molecule has 84 valence electrons. The molecule has 0 aromatic rings. The van der Waals surface area contributed by atoms with Gasteiger partial charge in [0.25, 0.3) is 0 Å². The van der Waals surface area contributed by atoms with Crippen LogP contribution in [0.2, 0.25) is 0 Å². The number of primary amides is 1. The number of nitrogens with two attached hydrogens (primary N) is 1. The molecular weight excluding hydrogens is 206 g/mol. The van der Waals surface area contributed by atoms with Crippen molar-refractivity contribution in [1.82, 2.24) is 0 Å². The highest BCUT2D eigenvalue weighted by atomic mass is 19.3. The van der Waals surface area contributed by atoms with Gasteiger partial charge in [0.1, 0.15) is 6.10 Å². The molecule has 0 saturated carbocycles. The number of amides is 1. The summed E-state index contributed by atoms with van der Waals surface area (Å²) in [7, 11) is 0. The summed E-state index contributed by atoms with van der Waals surface area (Å²) in [6, 6.07) is 0. The first kappa shape index (κ1) is 13.2. The normalized spacial score (nSPS) is 14.0. The van der Waals surface area contributed by atoms with Crippen molar-refractivity contribution in [2.45, 2.75) is 31.8 Å². The van der Waals surface area contributed by atoms with Crippen LogP contribution in [-0.2, 0) is 4.79 Å². The van der Waals surface area contributed by atoms with E-state index in [0.717, 1.165) is 0 Å².